The van der Waals surface area contributed by atoms with Gasteiger partial charge in [-0.2, -0.15) is 0 Å². The lowest BCUT2D eigenvalue weighted by Gasteiger charge is -2.08. The average Bonchev–Trinajstić information content (AvgIpc) is 2.61. The fourth-order valence-corrected chi connectivity index (χ4v) is 2.57. The van der Waals surface area contributed by atoms with Gasteiger partial charge in [-0.05, 0) is 36.2 Å². The van der Waals surface area contributed by atoms with Crippen LogP contribution in [0.5, 0.6) is 5.75 Å². The number of aryl methyl sites for hydroxylation is 1. The molecule has 0 bridgehead atoms. The molecule has 3 aromatic rings. The summed E-state index contributed by atoms with van der Waals surface area (Å²) < 4.78 is 5.72. The zero-order valence-electron chi connectivity index (χ0n) is 14.0. The number of rotatable bonds is 6. The van der Waals surface area contributed by atoms with Crippen LogP contribution in [0.1, 0.15) is 22.5 Å². The van der Waals surface area contributed by atoms with Crippen molar-refractivity contribution in [2.24, 2.45) is 0 Å². The number of nitrogens with one attached hydrogen (secondary N) is 2. The lowest BCUT2D eigenvalue weighted by atomic mass is 10.1. The Kier molecular flexibility index (Phi) is 5.14. The quantitative estimate of drug-likeness (QED) is 0.680. The summed E-state index contributed by atoms with van der Waals surface area (Å²) in [5, 5.41) is 5.04. The zero-order chi connectivity index (χ0) is 17.6. The molecule has 0 spiro atoms. The fraction of sp³-hybridized carbons (Fsp3) is 0.200. The van der Waals surface area contributed by atoms with Crippen molar-refractivity contribution in [3.63, 3.8) is 0 Å². The number of hydrogen-bond donors (Lipinski definition) is 2. The average molecular weight is 336 g/mol. The van der Waals surface area contributed by atoms with Gasteiger partial charge < -0.3 is 15.0 Å². The van der Waals surface area contributed by atoms with Gasteiger partial charge >= 0.3 is 0 Å². The van der Waals surface area contributed by atoms with Gasteiger partial charge in [0.05, 0.1) is 6.61 Å². The molecule has 2 N–H and O–H groups in total. The molecule has 5 nitrogen and oxygen atoms in total. The van der Waals surface area contributed by atoms with Crippen molar-refractivity contribution >= 4 is 16.7 Å². The Bertz CT molecular complexity index is 947. The molecule has 0 aliphatic rings. The van der Waals surface area contributed by atoms with E-state index in [9.17, 15) is 9.59 Å². The van der Waals surface area contributed by atoms with Gasteiger partial charge in [-0.1, -0.05) is 30.3 Å². The van der Waals surface area contributed by atoms with E-state index >= 15 is 0 Å². The zero-order valence-corrected chi connectivity index (χ0v) is 14.0. The van der Waals surface area contributed by atoms with Crippen LogP contribution in [0.4, 0.5) is 0 Å². The van der Waals surface area contributed by atoms with Gasteiger partial charge in [0.15, 0.2) is 5.43 Å². The third-order valence-electron chi connectivity index (χ3n) is 3.90. The number of carbonyl (C=O) groups is 1. The van der Waals surface area contributed by atoms with Gasteiger partial charge in [0.1, 0.15) is 11.3 Å². The predicted octanol–water partition coefficient (Wildman–Crippen LogP) is 3.04. The summed E-state index contributed by atoms with van der Waals surface area (Å²) in [6, 6.07) is 15.5. The number of aromatic amines is 1. The Morgan fingerprint density at radius 2 is 1.92 bits per heavy atom. The SMILES string of the molecule is Cc1cc(=O)c(C(=O)NCCCOc2ccc3ccccc3c2)c[nH]1. The molecule has 1 amide bonds. The Morgan fingerprint density at radius 1 is 1.12 bits per heavy atom. The minimum atomic E-state index is -0.369. The number of ether oxygens (including phenoxy) is 1. The number of H-pyrrole nitrogens is 1. The maximum absolute atomic E-state index is 12.0. The van der Waals surface area contributed by atoms with Crippen LogP contribution in [0, 0.1) is 6.92 Å². The molecule has 0 atom stereocenters. The smallest absolute Gasteiger partial charge is 0.256 e. The standard InChI is InChI=1S/C20H20N2O3/c1-14-11-19(23)18(13-22-14)20(24)21-9-4-10-25-17-8-7-15-5-2-3-6-16(15)12-17/h2-3,5-8,11-13H,4,9-10H2,1H3,(H,21,24)(H,22,23). The van der Waals surface area contributed by atoms with Crippen LogP contribution in [0.3, 0.4) is 0 Å². The molecule has 0 saturated carbocycles. The van der Waals surface area contributed by atoms with Gasteiger partial charge in [0.25, 0.3) is 5.91 Å². The van der Waals surface area contributed by atoms with Crippen LogP contribution in [0.15, 0.2) is 59.5 Å². The highest BCUT2D eigenvalue weighted by molar-refractivity contribution is 5.93. The van der Waals surface area contributed by atoms with Crippen molar-refractivity contribution in [3.05, 3.63) is 76.2 Å². The summed E-state index contributed by atoms with van der Waals surface area (Å²) in [6.07, 6.45) is 2.10. The van der Waals surface area contributed by atoms with E-state index in [0.717, 1.165) is 16.8 Å². The summed E-state index contributed by atoms with van der Waals surface area (Å²) in [7, 11) is 0. The van der Waals surface area contributed by atoms with E-state index in [1.165, 1.54) is 17.6 Å². The van der Waals surface area contributed by atoms with Gasteiger partial charge in [0, 0.05) is 24.5 Å². The Hall–Kier alpha value is -3.08. The molecular formula is C20H20N2O3. The van der Waals surface area contributed by atoms with Crippen molar-refractivity contribution in [1.82, 2.24) is 10.3 Å². The van der Waals surface area contributed by atoms with Crippen molar-refractivity contribution in [3.8, 4) is 5.75 Å². The van der Waals surface area contributed by atoms with Crippen LogP contribution in [0.2, 0.25) is 0 Å². The topological polar surface area (TPSA) is 71.2 Å². The van der Waals surface area contributed by atoms with Gasteiger partial charge in [-0.25, -0.2) is 0 Å². The summed E-state index contributed by atoms with van der Waals surface area (Å²) in [5.74, 6) is 0.437. The molecule has 128 valence electrons. The molecule has 3 rings (SSSR count). The van der Waals surface area contributed by atoms with E-state index in [4.69, 9.17) is 4.74 Å². The van der Waals surface area contributed by atoms with Crippen LogP contribution in [0.25, 0.3) is 10.8 Å². The predicted molar refractivity (Wildman–Crippen MR) is 98.2 cm³/mol. The summed E-state index contributed by atoms with van der Waals surface area (Å²) in [6.45, 7) is 2.70. The summed E-state index contributed by atoms with van der Waals surface area (Å²) in [5.41, 5.74) is 0.576. The van der Waals surface area contributed by atoms with E-state index in [0.29, 0.717) is 19.6 Å². The molecule has 0 fully saturated rings. The van der Waals surface area contributed by atoms with Crippen LogP contribution < -0.4 is 15.5 Å². The molecule has 0 aliphatic heterocycles. The minimum Gasteiger partial charge on any atom is -0.494 e. The first kappa shape index (κ1) is 16.8. The second kappa shape index (κ2) is 7.66. The van der Waals surface area contributed by atoms with Crippen molar-refractivity contribution < 1.29 is 9.53 Å². The molecule has 0 saturated heterocycles. The molecule has 0 unspecified atom stereocenters. The second-order valence-electron chi connectivity index (χ2n) is 5.86. The Morgan fingerprint density at radius 3 is 2.72 bits per heavy atom. The number of hydrogen-bond acceptors (Lipinski definition) is 3. The molecule has 1 aromatic heterocycles. The molecule has 0 aliphatic carbocycles. The van der Waals surface area contributed by atoms with E-state index in [-0.39, 0.29) is 16.9 Å². The first-order valence-electron chi connectivity index (χ1n) is 8.22. The monoisotopic (exact) mass is 336 g/mol. The second-order valence-corrected chi connectivity index (χ2v) is 5.86. The summed E-state index contributed by atoms with van der Waals surface area (Å²) >= 11 is 0. The molecule has 2 aromatic carbocycles. The molecule has 0 radical (unpaired) electrons. The minimum absolute atomic E-state index is 0.126. The molecular weight excluding hydrogens is 316 g/mol. The van der Waals surface area contributed by atoms with Crippen LogP contribution in [-0.2, 0) is 0 Å². The maximum atomic E-state index is 12.0. The maximum Gasteiger partial charge on any atom is 0.256 e. The largest absolute Gasteiger partial charge is 0.494 e. The van der Waals surface area contributed by atoms with E-state index in [2.05, 4.69) is 16.4 Å². The number of aromatic nitrogens is 1. The van der Waals surface area contributed by atoms with Crippen LogP contribution in [-0.4, -0.2) is 24.0 Å². The first-order valence-corrected chi connectivity index (χ1v) is 8.22. The number of fused-ring (bicyclic) bond motifs is 1. The highest BCUT2D eigenvalue weighted by Gasteiger charge is 2.09. The molecule has 5 heteroatoms. The van der Waals surface area contributed by atoms with E-state index in [1.54, 1.807) is 6.92 Å². The highest BCUT2D eigenvalue weighted by atomic mass is 16.5. The third kappa shape index (κ3) is 4.26. The number of pyridine rings is 1. The van der Waals surface area contributed by atoms with Crippen molar-refractivity contribution in [2.75, 3.05) is 13.2 Å². The number of carbonyl (C=O) groups excluding carboxylic acids is 1. The summed E-state index contributed by atoms with van der Waals surface area (Å²) in [4.78, 5) is 26.6. The third-order valence-corrected chi connectivity index (χ3v) is 3.90. The van der Waals surface area contributed by atoms with Gasteiger partial charge in [-0.3, -0.25) is 9.59 Å². The highest BCUT2D eigenvalue weighted by Crippen LogP contribution is 2.20. The lowest BCUT2D eigenvalue weighted by Crippen LogP contribution is -2.30. The normalized spacial score (nSPS) is 10.6. The van der Waals surface area contributed by atoms with E-state index < -0.39 is 0 Å². The van der Waals surface area contributed by atoms with Crippen LogP contribution >= 0.6 is 0 Å². The number of benzene rings is 2. The van der Waals surface area contributed by atoms with Crippen molar-refractivity contribution in [1.29, 1.82) is 0 Å². The lowest BCUT2D eigenvalue weighted by molar-refractivity contribution is 0.0950. The van der Waals surface area contributed by atoms with E-state index in [1.807, 2.05) is 36.4 Å². The molecule has 1 heterocycles. The first-order chi connectivity index (χ1) is 12.1. The van der Waals surface area contributed by atoms with Crippen molar-refractivity contribution in [2.45, 2.75) is 13.3 Å². The fourth-order valence-electron chi connectivity index (χ4n) is 2.57. The van der Waals surface area contributed by atoms with Gasteiger partial charge in [0.2, 0.25) is 0 Å². The Labute approximate surface area is 145 Å². The molecule has 25 heavy (non-hydrogen) atoms. The Balaban J connectivity index is 1.46. The number of amides is 1. The van der Waals surface area contributed by atoms with Gasteiger partial charge in [-0.15, -0.1) is 0 Å².